The highest BCUT2D eigenvalue weighted by Gasteiger charge is 2.16. The molecule has 0 aliphatic carbocycles. The molecule has 0 rings (SSSR count). The van der Waals surface area contributed by atoms with Gasteiger partial charge in [0.25, 0.3) is 6.65 Å². The Balaban J connectivity index is 3.93. The first-order valence-electron chi connectivity index (χ1n) is 2.48. The van der Waals surface area contributed by atoms with Crippen LogP contribution >= 0.6 is 40.6 Å². The van der Waals surface area contributed by atoms with Crippen LogP contribution in [0.1, 0.15) is 6.92 Å². The van der Waals surface area contributed by atoms with Crippen molar-refractivity contribution >= 4 is 40.6 Å². The number of nitrogens with two attached hydrogens (primary N) is 2. The lowest BCUT2D eigenvalue weighted by Gasteiger charge is -2.10. The Labute approximate surface area is 78.4 Å². The second kappa shape index (κ2) is 4.11. The predicted molar refractivity (Wildman–Crippen MR) is 56.2 cm³/mol. The van der Waals surface area contributed by atoms with Gasteiger partial charge in [-0.1, -0.05) is 34.7 Å². The van der Waals surface area contributed by atoms with Gasteiger partial charge in [-0.05, 0) is 18.3 Å². The van der Waals surface area contributed by atoms with E-state index in [-0.39, 0.29) is 3.26 Å². The van der Waals surface area contributed by atoms with Crippen molar-refractivity contribution in [1.82, 2.24) is 0 Å². The Morgan fingerprint density at radius 3 is 2.30 bits per heavy atom. The Kier molecular flexibility index (Phi) is 4.51. The molecule has 4 N–H and O–H groups in total. The van der Waals surface area contributed by atoms with Crippen LogP contribution in [0.3, 0.4) is 0 Å². The van der Waals surface area contributed by atoms with Crippen LogP contribution < -0.4 is 11.0 Å². The number of hydrogen-bond acceptors (Lipinski definition) is 2. The molecular formula is C4H10IN2OPS. The van der Waals surface area contributed by atoms with Crippen LogP contribution in [0.5, 0.6) is 0 Å². The summed E-state index contributed by atoms with van der Waals surface area (Å²) in [7, 11) is 0. The van der Waals surface area contributed by atoms with Gasteiger partial charge in [-0.15, -0.1) is 0 Å². The maximum atomic E-state index is 10.8. The molecule has 0 fully saturated rings. The molecule has 6 heteroatoms. The second-order valence-corrected chi connectivity index (χ2v) is 8.32. The Bertz CT molecular complexity index is 180. The zero-order valence-electron chi connectivity index (χ0n) is 5.58. The highest BCUT2D eigenvalue weighted by molar-refractivity contribution is 14.1. The molecule has 3 nitrogen and oxygen atoms in total. The summed E-state index contributed by atoms with van der Waals surface area (Å²) in [6.45, 7) is 2.60. The Morgan fingerprint density at radius 1 is 1.80 bits per heavy atom. The third kappa shape index (κ3) is 5.73. The molecule has 0 radical (unpaired) electrons. The fraction of sp³-hybridized carbons (Fsp3) is 0.500. The minimum Gasteiger partial charge on any atom is -0.277 e. The van der Waals surface area contributed by atoms with Gasteiger partial charge in [0.2, 0.25) is 0 Å². The first-order valence-corrected chi connectivity index (χ1v) is 7.05. The molecule has 0 aromatic heterocycles. The quantitative estimate of drug-likeness (QED) is 0.362. The van der Waals surface area contributed by atoms with E-state index in [1.165, 1.54) is 0 Å². The van der Waals surface area contributed by atoms with E-state index < -0.39 is 6.65 Å². The molecule has 0 spiro atoms. The normalized spacial score (nSPS) is 14.8. The average molecular weight is 292 g/mol. The van der Waals surface area contributed by atoms with Gasteiger partial charge < -0.3 is 0 Å². The summed E-state index contributed by atoms with van der Waals surface area (Å²) in [4.78, 5) is 0. The van der Waals surface area contributed by atoms with E-state index in [2.05, 4.69) is 29.2 Å². The largest absolute Gasteiger partial charge is 0.277 e. The van der Waals surface area contributed by atoms with Gasteiger partial charge in [0.1, 0.15) is 0 Å². The third-order valence-electron chi connectivity index (χ3n) is 0.645. The fourth-order valence-electron chi connectivity index (χ4n) is 0.235. The molecule has 1 atom stereocenters. The van der Waals surface area contributed by atoms with E-state index in [1.807, 2.05) is 6.92 Å². The second-order valence-electron chi connectivity index (χ2n) is 1.91. The van der Waals surface area contributed by atoms with Crippen molar-refractivity contribution in [3.8, 4) is 0 Å². The molecule has 0 amide bonds. The van der Waals surface area contributed by atoms with Crippen molar-refractivity contribution in [1.29, 1.82) is 0 Å². The number of hydrogen-bond donors (Lipinski definition) is 2. The SMILES string of the molecule is C=C(C)C(I)SP(N)(N)=O. The average Bonchev–Trinajstić information content (AvgIpc) is 1.60. The van der Waals surface area contributed by atoms with Gasteiger partial charge in [0.15, 0.2) is 0 Å². The van der Waals surface area contributed by atoms with Gasteiger partial charge in [-0.3, -0.25) is 15.6 Å². The van der Waals surface area contributed by atoms with E-state index in [0.717, 1.165) is 17.0 Å². The fourth-order valence-corrected chi connectivity index (χ4v) is 5.31. The Hall–Kier alpha value is 0.970. The lowest BCUT2D eigenvalue weighted by atomic mass is 10.4. The number of rotatable bonds is 3. The molecule has 0 aromatic carbocycles. The van der Waals surface area contributed by atoms with Crippen LogP contribution in [0.25, 0.3) is 0 Å². The number of halogens is 1. The van der Waals surface area contributed by atoms with Gasteiger partial charge in [0, 0.05) is 0 Å². The monoisotopic (exact) mass is 292 g/mol. The van der Waals surface area contributed by atoms with Crippen LogP contribution in [0.4, 0.5) is 0 Å². The Morgan fingerprint density at radius 2 is 2.20 bits per heavy atom. The van der Waals surface area contributed by atoms with Gasteiger partial charge in [-0.2, -0.15) is 0 Å². The van der Waals surface area contributed by atoms with Crippen LogP contribution in [0.15, 0.2) is 12.2 Å². The third-order valence-corrected chi connectivity index (χ3v) is 6.22. The molecule has 0 heterocycles. The molecule has 1 unspecified atom stereocenters. The van der Waals surface area contributed by atoms with E-state index in [1.54, 1.807) is 0 Å². The first-order chi connectivity index (χ1) is 4.33. The highest BCUT2D eigenvalue weighted by atomic mass is 127. The minimum atomic E-state index is -2.93. The van der Waals surface area contributed by atoms with E-state index >= 15 is 0 Å². The summed E-state index contributed by atoms with van der Waals surface area (Å²) in [6.07, 6.45) is 0. The topological polar surface area (TPSA) is 69.1 Å². The van der Waals surface area contributed by atoms with Crippen molar-refractivity contribution < 1.29 is 4.57 Å². The van der Waals surface area contributed by atoms with Crippen molar-refractivity contribution in [3.63, 3.8) is 0 Å². The van der Waals surface area contributed by atoms with Crippen LogP contribution in [0.2, 0.25) is 0 Å². The standard InChI is InChI=1S/C4H10IN2OPS/c1-3(2)4(5)10-9(6,7)8/h4H,1H2,2H3,(H4,6,7,8). The summed E-state index contributed by atoms with van der Waals surface area (Å²) in [5, 5.41) is 0. The highest BCUT2D eigenvalue weighted by Crippen LogP contribution is 2.49. The van der Waals surface area contributed by atoms with Crippen LogP contribution in [-0.4, -0.2) is 3.26 Å². The zero-order chi connectivity index (χ0) is 8.36. The molecule has 0 aliphatic rings. The zero-order valence-corrected chi connectivity index (χ0v) is 9.45. The lowest BCUT2D eigenvalue weighted by Crippen LogP contribution is -2.04. The van der Waals surface area contributed by atoms with Crippen LogP contribution in [-0.2, 0) is 4.57 Å². The first kappa shape index (κ1) is 11.0. The summed E-state index contributed by atoms with van der Waals surface area (Å²) < 4.78 is 10.8. The van der Waals surface area contributed by atoms with Crippen molar-refractivity contribution in [2.75, 3.05) is 0 Å². The molecule has 10 heavy (non-hydrogen) atoms. The van der Waals surface area contributed by atoms with Gasteiger partial charge in [-0.25, -0.2) is 0 Å². The molecule has 0 bridgehead atoms. The van der Waals surface area contributed by atoms with Crippen molar-refractivity contribution in [3.05, 3.63) is 12.2 Å². The molecular weight excluding hydrogens is 282 g/mol. The van der Waals surface area contributed by atoms with E-state index in [4.69, 9.17) is 11.0 Å². The number of alkyl halides is 1. The molecule has 0 aliphatic heterocycles. The lowest BCUT2D eigenvalue weighted by molar-refractivity contribution is 0.587. The summed E-state index contributed by atoms with van der Waals surface area (Å²) >= 11 is 3.15. The van der Waals surface area contributed by atoms with E-state index in [9.17, 15) is 4.57 Å². The molecule has 0 saturated heterocycles. The summed E-state index contributed by atoms with van der Waals surface area (Å²) in [6, 6.07) is 0. The summed E-state index contributed by atoms with van der Waals surface area (Å²) in [5.41, 5.74) is 11.2. The van der Waals surface area contributed by atoms with Gasteiger partial charge >= 0.3 is 0 Å². The van der Waals surface area contributed by atoms with Crippen molar-refractivity contribution in [2.24, 2.45) is 11.0 Å². The minimum absolute atomic E-state index is 0.0402. The molecule has 60 valence electrons. The smallest absolute Gasteiger partial charge is 0.262 e. The maximum absolute atomic E-state index is 10.8. The predicted octanol–water partition coefficient (Wildman–Crippen LogP) is 2.08. The molecule has 0 aromatic rings. The van der Waals surface area contributed by atoms with Gasteiger partial charge in [0.05, 0.1) is 3.26 Å². The van der Waals surface area contributed by atoms with E-state index in [0.29, 0.717) is 0 Å². The molecule has 0 saturated carbocycles. The maximum Gasteiger partial charge on any atom is 0.262 e. The summed E-state index contributed by atoms with van der Waals surface area (Å²) in [5.74, 6) is 0. The van der Waals surface area contributed by atoms with Crippen molar-refractivity contribution in [2.45, 2.75) is 10.2 Å². The van der Waals surface area contributed by atoms with Crippen LogP contribution in [0, 0.1) is 0 Å².